The van der Waals surface area contributed by atoms with Gasteiger partial charge in [-0.25, -0.2) is 0 Å². The van der Waals surface area contributed by atoms with Crippen LogP contribution in [0.25, 0.3) is 0 Å². The highest BCUT2D eigenvalue weighted by atomic mass is 79.9. The maximum atomic E-state index is 11.7. The number of aryl methyl sites for hydroxylation is 1. The molecule has 0 unspecified atom stereocenters. The van der Waals surface area contributed by atoms with Crippen molar-refractivity contribution >= 4 is 44.8 Å². The molecule has 0 spiro atoms. The lowest BCUT2D eigenvalue weighted by Gasteiger charge is -2.07. The molecule has 1 aromatic carbocycles. The van der Waals surface area contributed by atoms with E-state index in [0.29, 0.717) is 5.69 Å². The van der Waals surface area contributed by atoms with E-state index in [1.54, 1.807) is 12.1 Å². The van der Waals surface area contributed by atoms with Gasteiger partial charge in [0.05, 0.1) is 6.42 Å². The fourth-order valence-electron chi connectivity index (χ4n) is 1.62. The number of esters is 1. The quantitative estimate of drug-likeness (QED) is 0.822. The molecule has 110 valence electrons. The summed E-state index contributed by atoms with van der Waals surface area (Å²) in [6, 6.07) is 7.35. The molecule has 0 atom stereocenters. The number of carbonyl (C=O) groups is 2. The molecule has 0 fully saturated rings. The second-order valence-electron chi connectivity index (χ2n) is 4.48. The molecular formula is C15H14BrNO3S. The van der Waals surface area contributed by atoms with E-state index in [1.165, 1.54) is 11.3 Å². The Labute approximate surface area is 135 Å². The van der Waals surface area contributed by atoms with Crippen molar-refractivity contribution in [1.82, 2.24) is 0 Å². The summed E-state index contributed by atoms with van der Waals surface area (Å²) in [5.41, 5.74) is 2.63. The average molecular weight is 368 g/mol. The normalized spacial score (nSPS) is 10.2. The van der Waals surface area contributed by atoms with Crippen molar-refractivity contribution in [3.8, 4) is 0 Å². The van der Waals surface area contributed by atoms with Crippen molar-refractivity contribution in [1.29, 1.82) is 0 Å². The molecule has 1 aromatic heterocycles. The van der Waals surface area contributed by atoms with Crippen molar-refractivity contribution in [3.63, 3.8) is 0 Å². The lowest BCUT2D eigenvalue weighted by Crippen LogP contribution is -2.21. The predicted molar refractivity (Wildman–Crippen MR) is 86.5 cm³/mol. The first-order valence-corrected chi connectivity index (χ1v) is 8.01. The van der Waals surface area contributed by atoms with Crippen LogP contribution in [0.1, 0.15) is 11.1 Å². The highest BCUT2D eigenvalue weighted by Gasteiger charge is 2.09. The lowest BCUT2D eigenvalue weighted by molar-refractivity contribution is -0.146. The highest BCUT2D eigenvalue weighted by molar-refractivity contribution is 9.10. The summed E-state index contributed by atoms with van der Waals surface area (Å²) in [5.74, 6) is -0.766. The Balaban J connectivity index is 1.79. The zero-order valence-corrected chi connectivity index (χ0v) is 13.8. The van der Waals surface area contributed by atoms with E-state index < -0.39 is 5.97 Å². The number of ether oxygens (including phenoxy) is 1. The van der Waals surface area contributed by atoms with Gasteiger partial charge < -0.3 is 10.1 Å². The largest absolute Gasteiger partial charge is 0.455 e. The van der Waals surface area contributed by atoms with E-state index in [-0.39, 0.29) is 18.9 Å². The van der Waals surface area contributed by atoms with Crippen LogP contribution in [0, 0.1) is 6.92 Å². The number of carbonyl (C=O) groups excluding carboxylic acids is 2. The van der Waals surface area contributed by atoms with Crippen LogP contribution in [0.15, 0.2) is 39.5 Å². The zero-order chi connectivity index (χ0) is 15.2. The summed E-state index contributed by atoms with van der Waals surface area (Å²) in [6.07, 6.45) is 0.187. The minimum absolute atomic E-state index is 0.187. The van der Waals surface area contributed by atoms with Gasteiger partial charge in [0.1, 0.15) is 0 Å². The molecule has 2 rings (SSSR count). The van der Waals surface area contributed by atoms with Gasteiger partial charge in [0.2, 0.25) is 0 Å². The Hall–Kier alpha value is -1.66. The van der Waals surface area contributed by atoms with Crippen LogP contribution in [0.3, 0.4) is 0 Å². The van der Waals surface area contributed by atoms with Crippen LogP contribution in [0.4, 0.5) is 5.69 Å². The van der Waals surface area contributed by atoms with Gasteiger partial charge in [0, 0.05) is 10.2 Å². The highest BCUT2D eigenvalue weighted by Crippen LogP contribution is 2.20. The number of rotatable bonds is 5. The molecule has 1 amide bonds. The number of amides is 1. The molecule has 6 heteroatoms. The molecule has 0 aliphatic rings. The lowest BCUT2D eigenvalue weighted by atomic mass is 10.2. The summed E-state index contributed by atoms with van der Waals surface area (Å²) >= 11 is 4.91. The van der Waals surface area contributed by atoms with Crippen LogP contribution in [0.5, 0.6) is 0 Å². The van der Waals surface area contributed by atoms with E-state index in [1.807, 2.05) is 29.8 Å². The van der Waals surface area contributed by atoms with E-state index >= 15 is 0 Å². The molecule has 21 heavy (non-hydrogen) atoms. The molecule has 0 bridgehead atoms. The molecule has 0 saturated heterocycles. The molecule has 0 aliphatic heterocycles. The summed E-state index contributed by atoms with van der Waals surface area (Å²) in [5, 5.41) is 6.45. The maximum absolute atomic E-state index is 11.7. The first kappa shape index (κ1) is 15.7. The van der Waals surface area contributed by atoms with Gasteiger partial charge in [0.25, 0.3) is 5.91 Å². The van der Waals surface area contributed by atoms with Crippen molar-refractivity contribution in [2.45, 2.75) is 13.3 Å². The first-order valence-electron chi connectivity index (χ1n) is 6.27. The van der Waals surface area contributed by atoms with Crippen LogP contribution >= 0.6 is 27.3 Å². The number of thiophene rings is 1. The van der Waals surface area contributed by atoms with Crippen molar-refractivity contribution in [2.24, 2.45) is 0 Å². The Kier molecular flexibility index (Phi) is 5.52. The maximum Gasteiger partial charge on any atom is 0.310 e. The van der Waals surface area contributed by atoms with Gasteiger partial charge in [-0.05, 0) is 47.0 Å². The zero-order valence-electron chi connectivity index (χ0n) is 11.4. The molecule has 1 heterocycles. The number of benzene rings is 1. The molecule has 0 aliphatic carbocycles. The summed E-state index contributed by atoms with van der Waals surface area (Å²) < 4.78 is 5.86. The average Bonchev–Trinajstić information content (AvgIpc) is 2.93. The number of anilines is 1. The SMILES string of the molecule is Cc1ccc(NC(=O)COC(=O)Cc2ccsc2)cc1Br. The Morgan fingerprint density at radius 2 is 2.14 bits per heavy atom. The third kappa shape index (κ3) is 4.99. The molecule has 4 nitrogen and oxygen atoms in total. The van der Waals surface area contributed by atoms with Gasteiger partial charge in [-0.2, -0.15) is 11.3 Å². The summed E-state index contributed by atoms with van der Waals surface area (Å²) in [4.78, 5) is 23.3. The van der Waals surface area contributed by atoms with Crippen molar-refractivity contribution in [3.05, 3.63) is 50.6 Å². The van der Waals surface area contributed by atoms with Crippen LogP contribution < -0.4 is 5.32 Å². The fourth-order valence-corrected chi connectivity index (χ4v) is 2.67. The molecule has 2 aromatic rings. The Morgan fingerprint density at radius 3 is 2.81 bits per heavy atom. The second kappa shape index (κ2) is 7.38. The van der Waals surface area contributed by atoms with E-state index in [9.17, 15) is 9.59 Å². The topological polar surface area (TPSA) is 55.4 Å². The smallest absolute Gasteiger partial charge is 0.310 e. The second-order valence-corrected chi connectivity index (χ2v) is 6.12. The number of hydrogen-bond donors (Lipinski definition) is 1. The Morgan fingerprint density at radius 1 is 1.33 bits per heavy atom. The van der Waals surface area contributed by atoms with Crippen LogP contribution in [-0.2, 0) is 20.7 Å². The standard InChI is InChI=1S/C15H14BrNO3S/c1-10-2-3-12(7-13(10)16)17-14(18)8-20-15(19)6-11-4-5-21-9-11/h2-5,7,9H,6,8H2,1H3,(H,17,18). The molecule has 0 saturated carbocycles. The summed E-state index contributed by atoms with van der Waals surface area (Å²) in [7, 11) is 0. The van der Waals surface area contributed by atoms with E-state index in [4.69, 9.17) is 4.74 Å². The number of nitrogens with one attached hydrogen (secondary N) is 1. The van der Waals surface area contributed by atoms with E-state index in [2.05, 4.69) is 21.2 Å². The van der Waals surface area contributed by atoms with Crippen LogP contribution in [0.2, 0.25) is 0 Å². The molecular weight excluding hydrogens is 354 g/mol. The van der Waals surface area contributed by atoms with Gasteiger partial charge in [-0.15, -0.1) is 0 Å². The first-order chi connectivity index (χ1) is 10.0. The summed E-state index contributed by atoms with van der Waals surface area (Å²) in [6.45, 7) is 1.68. The van der Waals surface area contributed by atoms with Crippen molar-refractivity contribution < 1.29 is 14.3 Å². The fraction of sp³-hybridized carbons (Fsp3) is 0.200. The predicted octanol–water partition coefficient (Wildman–Crippen LogP) is 3.54. The third-order valence-electron chi connectivity index (χ3n) is 2.75. The third-order valence-corrected chi connectivity index (χ3v) is 4.33. The van der Waals surface area contributed by atoms with Gasteiger partial charge in [-0.1, -0.05) is 22.0 Å². The molecule has 0 radical (unpaired) electrons. The Bertz CT molecular complexity index is 640. The minimum atomic E-state index is -0.409. The van der Waals surface area contributed by atoms with Gasteiger partial charge in [0.15, 0.2) is 6.61 Å². The molecule has 1 N–H and O–H groups in total. The van der Waals surface area contributed by atoms with Gasteiger partial charge >= 0.3 is 5.97 Å². The number of hydrogen-bond acceptors (Lipinski definition) is 4. The van der Waals surface area contributed by atoms with Crippen LogP contribution in [-0.4, -0.2) is 18.5 Å². The van der Waals surface area contributed by atoms with Gasteiger partial charge in [-0.3, -0.25) is 9.59 Å². The van der Waals surface area contributed by atoms with E-state index in [0.717, 1.165) is 15.6 Å². The number of halogens is 1. The van der Waals surface area contributed by atoms with Crippen molar-refractivity contribution in [2.75, 3.05) is 11.9 Å². The minimum Gasteiger partial charge on any atom is -0.455 e. The monoisotopic (exact) mass is 367 g/mol.